The van der Waals surface area contributed by atoms with E-state index in [1.165, 1.54) is 0 Å². The minimum atomic E-state index is 0. The third-order valence-electron chi connectivity index (χ3n) is 1.54. The quantitative estimate of drug-likeness (QED) is 0.767. The average molecular weight is 200 g/mol. The van der Waals surface area contributed by atoms with E-state index in [0.717, 1.165) is 18.4 Å². The van der Waals surface area contributed by atoms with Gasteiger partial charge in [-0.1, -0.05) is 43.7 Å². The van der Waals surface area contributed by atoms with Crippen LogP contribution in [0.2, 0.25) is 0 Å². The maximum Gasteiger partial charge on any atom is 0.0681 e. The van der Waals surface area contributed by atoms with Gasteiger partial charge in [0.15, 0.2) is 0 Å². The predicted octanol–water partition coefficient (Wildman–Crippen LogP) is 1.13. The Labute approximate surface area is 85.3 Å². The Morgan fingerprint density at radius 1 is 1.07 bits per heavy atom. The highest BCUT2D eigenvalue weighted by Crippen LogP contribution is 1.95. The van der Waals surface area contributed by atoms with Gasteiger partial charge in [-0.2, -0.15) is 0 Å². The van der Waals surface area contributed by atoms with Crippen molar-refractivity contribution in [1.82, 2.24) is 0 Å². The first kappa shape index (κ1) is 15.6. The number of hydrogen-bond donors (Lipinski definition) is 2. The third kappa shape index (κ3) is 9.19. The third-order valence-corrected chi connectivity index (χ3v) is 1.54. The molecule has 1 rings (SSSR count). The van der Waals surface area contributed by atoms with Crippen LogP contribution >= 0.6 is 0 Å². The number of aliphatic hydroxyl groups is 2. The number of aliphatic hydroxyl groups excluding tert-OH is 2. The zero-order chi connectivity index (χ0) is 9.94. The van der Waals surface area contributed by atoms with Gasteiger partial charge in [-0.25, -0.2) is 0 Å². The number of hydrogen-bond acceptors (Lipinski definition) is 2. The van der Waals surface area contributed by atoms with Crippen LogP contribution < -0.4 is 0 Å². The van der Waals surface area contributed by atoms with Crippen molar-refractivity contribution in [3.63, 3.8) is 0 Å². The fourth-order valence-electron chi connectivity index (χ4n) is 0.742. The Morgan fingerprint density at radius 2 is 1.64 bits per heavy atom. The molecule has 0 bridgehead atoms. The minimum Gasteiger partial charge on any atom is -0.412 e. The highest BCUT2D eigenvalue weighted by molar-refractivity contribution is 5.12. The van der Waals surface area contributed by atoms with Crippen LogP contribution in [0.3, 0.4) is 0 Å². The van der Waals surface area contributed by atoms with Crippen LogP contribution in [0.4, 0.5) is 0 Å². The lowest BCUT2D eigenvalue weighted by atomic mass is 10.2. The van der Waals surface area contributed by atoms with E-state index in [0.29, 0.717) is 6.61 Å². The molecule has 0 unspecified atom stereocenters. The van der Waals surface area contributed by atoms with Gasteiger partial charge in [-0.15, -0.1) is 0 Å². The zero-order valence-corrected chi connectivity index (χ0v) is 8.61. The Balaban J connectivity index is 0. The summed E-state index contributed by atoms with van der Waals surface area (Å²) in [5.41, 5.74) is 0.965. The lowest BCUT2D eigenvalue weighted by Gasteiger charge is -1.89. The van der Waals surface area contributed by atoms with Crippen LogP contribution in [-0.2, 0) is 6.61 Å². The Hall–Kier alpha value is -0.900. The van der Waals surface area contributed by atoms with Crippen molar-refractivity contribution < 1.29 is 15.7 Å². The molecule has 0 atom stereocenters. The highest BCUT2D eigenvalue weighted by Gasteiger charge is 1.81. The Bertz CT molecular complexity index is 185. The van der Waals surface area contributed by atoms with E-state index in [1.54, 1.807) is 0 Å². The smallest absolute Gasteiger partial charge is 0.0681 e. The summed E-state index contributed by atoms with van der Waals surface area (Å²) in [6, 6.07) is 9.52. The Morgan fingerprint density at radius 3 is 1.86 bits per heavy atom. The normalized spacial score (nSPS) is 8.21. The van der Waals surface area contributed by atoms with Gasteiger partial charge < -0.3 is 15.7 Å². The maximum atomic E-state index is 8.54. The van der Waals surface area contributed by atoms with E-state index in [9.17, 15) is 0 Å². The van der Waals surface area contributed by atoms with Crippen molar-refractivity contribution >= 4 is 0 Å². The predicted molar refractivity (Wildman–Crippen MR) is 58.0 cm³/mol. The molecule has 82 valence electrons. The molecular formula is C11H20O3. The van der Waals surface area contributed by atoms with E-state index < -0.39 is 0 Å². The topological polar surface area (TPSA) is 72.0 Å². The summed E-state index contributed by atoms with van der Waals surface area (Å²) in [7, 11) is 0. The number of unbranched alkanes of at least 4 members (excludes halogenated alkanes) is 1. The molecule has 0 saturated carbocycles. The molecule has 0 spiro atoms. The van der Waals surface area contributed by atoms with Crippen LogP contribution in [0.5, 0.6) is 0 Å². The summed E-state index contributed by atoms with van der Waals surface area (Å²) < 4.78 is 0. The van der Waals surface area contributed by atoms with Crippen molar-refractivity contribution in [1.29, 1.82) is 0 Å². The van der Waals surface area contributed by atoms with Crippen LogP contribution in [0, 0.1) is 0 Å². The first-order chi connectivity index (χ1) is 6.35. The second kappa shape index (κ2) is 12.1. The monoisotopic (exact) mass is 200 g/mol. The summed E-state index contributed by atoms with van der Waals surface area (Å²) in [6.45, 7) is 2.54. The molecule has 3 heteroatoms. The van der Waals surface area contributed by atoms with E-state index in [2.05, 4.69) is 6.92 Å². The second-order valence-electron chi connectivity index (χ2n) is 2.72. The summed E-state index contributed by atoms with van der Waals surface area (Å²) in [6.07, 6.45) is 2.04. The van der Waals surface area contributed by atoms with Crippen LogP contribution in [0.1, 0.15) is 25.3 Å². The van der Waals surface area contributed by atoms with Gasteiger partial charge in [0.2, 0.25) is 0 Å². The number of benzene rings is 1. The fraction of sp³-hybridized carbons (Fsp3) is 0.455. The van der Waals surface area contributed by atoms with Crippen LogP contribution in [0.15, 0.2) is 30.3 Å². The molecular weight excluding hydrogens is 180 g/mol. The van der Waals surface area contributed by atoms with Crippen molar-refractivity contribution in [2.24, 2.45) is 0 Å². The van der Waals surface area contributed by atoms with Crippen LogP contribution in [-0.4, -0.2) is 22.3 Å². The van der Waals surface area contributed by atoms with E-state index in [4.69, 9.17) is 10.2 Å². The zero-order valence-electron chi connectivity index (χ0n) is 8.61. The van der Waals surface area contributed by atoms with Crippen molar-refractivity contribution in [2.75, 3.05) is 6.61 Å². The molecule has 0 amide bonds. The molecule has 0 heterocycles. The second-order valence-corrected chi connectivity index (χ2v) is 2.72. The first-order valence-corrected chi connectivity index (χ1v) is 4.60. The van der Waals surface area contributed by atoms with E-state index in [1.807, 2.05) is 30.3 Å². The molecule has 4 N–H and O–H groups in total. The molecule has 0 fully saturated rings. The molecule has 0 saturated heterocycles. The van der Waals surface area contributed by atoms with Gasteiger partial charge in [-0.3, -0.25) is 0 Å². The Kier molecular flexibility index (Phi) is 13.5. The first-order valence-electron chi connectivity index (χ1n) is 4.60. The van der Waals surface area contributed by atoms with Crippen molar-refractivity contribution in [2.45, 2.75) is 26.4 Å². The lowest BCUT2D eigenvalue weighted by Crippen LogP contribution is -1.77. The molecule has 1 aromatic rings. The van der Waals surface area contributed by atoms with Gasteiger partial charge in [0, 0.05) is 6.61 Å². The summed E-state index contributed by atoms with van der Waals surface area (Å²) in [5, 5.41) is 16.6. The molecule has 1 aromatic carbocycles. The number of rotatable bonds is 3. The van der Waals surface area contributed by atoms with Gasteiger partial charge in [-0.05, 0) is 12.0 Å². The SMILES string of the molecule is CCCCO.O.OCc1ccccc1. The van der Waals surface area contributed by atoms with Crippen LogP contribution in [0.25, 0.3) is 0 Å². The molecule has 0 aliphatic carbocycles. The lowest BCUT2D eigenvalue weighted by molar-refractivity contribution is 0.282. The van der Waals surface area contributed by atoms with Gasteiger partial charge in [0.25, 0.3) is 0 Å². The highest BCUT2D eigenvalue weighted by atomic mass is 16.3. The summed E-state index contributed by atoms with van der Waals surface area (Å²) in [4.78, 5) is 0. The molecule has 0 aliphatic rings. The molecule has 0 aromatic heterocycles. The van der Waals surface area contributed by atoms with Crippen molar-refractivity contribution in [3.05, 3.63) is 35.9 Å². The average Bonchev–Trinajstić information content (AvgIpc) is 2.21. The largest absolute Gasteiger partial charge is 0.412 e. The van der Waals surface area contributed by atoms with E-state index >= 15 is 0 Å². The minimum absolute atomic E-state index is 0. The summed E-state index contributed by atoms with van der Waals surface area (Å²) in [5.74, 6) is 0. The van der Waals surface area contributed by atoms with Gasteiger partial charge in [0.05, 0.1) is 6.61 Å². The maximum absolute atomic E-state index is 8.54. The van der Waals surface area contributed by atoms with Crippen molar-refractivity contribution in [3.8, 4) is 0 Å². The molecule has 0 aliphatic heterocycles. The van der Waals surface area contributed by atoms with Gasteiger partial charge in [0.1, 0.15) is 0 Å². The van der Waals surface area contributed by atoms with Gasteiger partial charge >= 0.3 is 0 Å². The molecule has 0 radical (unpaired) electrons. The molecule has 3 nitrogen and oxygen atoms in total. The summed E-state index contributed by atoms with van der Waals surface area (Å²) >= 11 is 0. The standard InChI is InChI=1S/C7H8O.C4H10O.H2O/c8-6-7-4-2-1-3-5-7;1-2-3-4-5;/h1-5,8H,6H2;5H,2-4H2,1H3;1H2. The van der Waals surface area contributed by atoms with E-state index in [-0.39, 0.29) is 12.1 Å². The fourth-order valence-corrected chi connectivity index (χ4v) is 0.742. The molecule has 14 heavy (non-hydrogen) atoms.